The van der Waals surface area contributed by atoms with Gasteiger partial charge in [0, 0.05) is 18.8 Å². The standard InChI is InChI=1S/C22H24N4O/c1-4-26(15-18-10-6-5-7-11-18)22(27)20-13-24-21(14-23-20)25-19-12-8-9-16(2)17(19)3/h5-14H,4,15H2,1-3H3,(H,24,25). The number of carbonyl (C=O) groups is 1. The van der Waals surface area contributed by atoms with Gasteiger partial charge in [-0.3, -0.25) is 4.79 Å². The Labute approximate surface area is 160 Å². The number of amides is 1. The van der Waals surface area contributed by atoms with Gasteiger partial charge >= 0.3 is 0 Å². The maximum atomic E-state index is 12.8. The molecule has 0 spiro atoms. The number of rotatable bonds is 6. The molecule has 0 fully saturated rings. The molecule has 2 aromatic carbocycles. The first-order valence-corrected chi connectivity index (χ1v) is 9.07. The molecular formula is C22H24N4O. The Kier molecular flexibility index (Phi) is 5.81. The summed E-state index contributed by atoms with van der Waals surface area (Å²) in [6.07, 6.45) is 3.13. The van der Waals surface area contributed by atoms with E-state index in [4.69, 9.17) is 0 Å². The van der Waals surface area contributed by atoms with Crippen LogP contribution in [0.2, 0.25) is 0 Å². The molecule has 0 saturated carbocycles. The number of benzene rings is 2. The van der Waals surface area contributed by atoms with E-state index in [1.807, 2.05) is 49.4 Å². The van der Waals surface area contributed by atoms with Crippen LogP contribution < -0.4 is 5.32 Å². The zero-order chi connectivity index (χ0) is 19.2. The molecule has 0 atom stereocenters. The Bertz CT molecular complexity index is 907. The van der Waals surface area contributed by atoms with Crippen LogP contribution in [0.5, 0.6) is 0 Å². The van der Waals surface area contributed by atoms with E-state index in [0.29, 0.717) is 24.6 Å². The molecule has 5 nitrogen and oxygen atoms in total. The topological polar surface area (TPSA) is 58.1 Å². The number of anilines is 2. The van der Waals surface area contributed by atoms with Crippen molar-refractivity contribution in [2.45, 2.75) is 27.3 Å². The molecule has 0 unspecified atom stereocenters. The molecule has 1 heterocycles. The minimum absolute atomic E-state index is 0.118. The predicted octanol–water partition coefficient (Wildman–Crippen LogP) is 4.50. The number of hydrogen-bond acceptors (Lipinski definition) is 4. The SMILES string of the molecule is CCN(Cc1ccccc1)C(=O)c1cnc(Nc2cccc(C)c2C)cn1. The van der Waals surface area contributed by atoms with Crippen molar-refractivity contribution in [1.29, 1.82) is 0 Å². The molecule has 1 amide bonds. The Balaban J connectivity index is 1.72. The van der Waals surface area contributed by atoms with Crippen LogP contribution in [0.25, 0.3) is 0 Å². The summed E-state index contributed by atoms with van der Waals surface area (Å²) >= 11 is 0. The fourth-order valence-corrected chi connectivity index (χ4v) is 2.82. The number of aryl methyl sites for hydroxylation is 1. The Morgan fingerprint density at radius 3 is 2.44 bits per heavy atom. The van der Waals surface area contributed by atoms with Gasteiger partial charge in [0.15, 0.2) is 0 Å². The number of nitrogens with zero attached hydrogens (tertiary/aromatic N) is 3. The van der Waals surface area contributed by atoms with Crippen LogP contribution in [0.4, 0.5) is 11.5 Å². The number of hydrogen-bond donors (Lipinski definition) is 1. The van der Waals surface area contributed by atoms with E-state index in [-0.39, 0.29) is 5.91 Å². The van der Waals surface area contributed by atoms with E-state index < -0.39 is 0 Å². The number of nitrogens with one attached hydrogen (secondary N) is 1. The molecule has 138 valence electrons. The van der Waals surface area contributed by atoms with Crippen molar-refractivity contribution >= 4 is 17.4 Å². The maximum Gasteiger partial charge on any atom is 0.274 e. The molecule has 0 aliphatic rings. The highest BCUT2D eigenvalue weighted by Gasteiger charge is 2.16. The van der Waals surface area contributed by atoms with Crippen LogP contribution in [0.3, 0.4) is 0 Å². The second-order valence-corrected chi connectivity index (χ2v) is 6.46. The van der Waals surface area contributed by atoms with Crippen LogP contribution >= 0.6 is 0 Å². The zero-order valence-electron chi connectivity index (χ0n) is 15.9. The van der Waals surface area contributed by atoms with Gasteiger partial charge in [0.1, 0.15) is 11.5 Å². The third kappa shape index (κ3) is 4.50. The van der Waals surface area contributed by atoms with Crippen molar-refractivity contribution in [2.75, 3.05) is 11.9 Å². The van der Waals surface area contributed by atoms with Crippen LogP contribution in [-0.2, 0) is 6.54 Å². The van der Waals surface area contributed by atoms with Gasteiger partial charge < -0.3 is 10.2 Å². The van der Waals surface area contributed by atoms with E-state index in [1.165, 1.54) is 17.3 Å². The number of aromatic nitrogens is 2. The first kappa shape index (κ1) is 18.6. The second kappa shape index (κ2) is 8.45. The molecule has 27 heavy (non-hydrogen) atoms. The highest BCUT2D eigenvalue weighted by Crippen LogP contribution is 2.21. The van der Waals surface area contributed by atoms with E-state index in [1.54, 1.807) is 11.1 Å². The average Bonchev–Trinajstić information content (AvgIpc) is 2.70. The third-order valence-electron chi connectivity index (χ3n) is 4.62. The van der Waals surface area contributed by atoms with E-state index in [2.05, 4.69) is 35.2 Å². The van der Waals surface area contributed by atoms with Crippen molar-refractivity contribution in [2.24, 2.45) is 0 Å². The van der Waals surface area contributed by atoms with Crippen molar-refractivity contribution in [1.82, 2.24) is 14.9 Å². The van der Waals surface area contributed by atoms with Gasteiger partial charge in [-0.15, -0.1) is 0 Å². The first-order chi connectivity index (χ1) is 13.1. The summed E-state index contributed by atoms with van der Waals surface area (Å²) < 4.78 is 0. The lowest BCUT2D eigenvalue weighted by molar-refractivity contribution is 0.0746. The van der Waals surface area contributed by atoms with Crippen LogP contribution in [0.15, 0.2) is 60.9 Å². The highest BCUT2D eigenvalue weighted by molar-refractivity contribution is 5.92. The second-order valence-electron chi connectivity index (χ2n) is 6.46. The molecule has 3 rings (SSSR count). The first-order valence-electron chi connectivity index (χ1n) is 9.07. The molecule has 5 heteroatoms. The highest BCUT2D eigenvalue weighted by atomic mass is 16.2. The van der Waals surface area contributed by atoms with E-state index in [9.17, 15) is 4.79 Å². The summed E-state index contributed by atoms with van der Waals surface area (Å²) in [4.78, 5) is 23.2. The molecule has 0 aliphatic heterocycles. The Morgan fingerprint density at radius 1 is 1.00 bits per heavy atom. The van der Waals surface area contributed by atoms with Crippen LogP contribution in [0.1, 0.15) is 34.1 Å². The van der Waals surface area contributed by atoms with Crippen molar-refractivity contribution < 1.29 is 4.79 Å². The molecule has 3 aromatic rings. The van der Waals surface area contributed by atoms with Gasteiger partial charge in [0.25, 0.3) is 5.91 Å². The molecular weight excluding hydrogens is 336 g/mol. The fourth-order valence-electron chi connectivity index (χ4n) is 2.82. The minimum atomic E-state index is -0.118. The summed E-state index contributed by atoms with van der Waals surface area (Å²) in [5.41, 5.74) is 4.80. The largest absolute Gasteiger partial charge is 0.339 e. The van der Waals surface area contributed by atoms with Crippen LogP contribution in [0, 0.1) is 13.8 Å². The van der Waals surface area contributed by atoms with Gasteiger partial charge in [-0.1, -0.05) is 42.5 Å². The monoisotopic (exact) mass is 360 g/mol. The molecule has 0 radical (unpaired) electrons. The summed E-state index contributed by atoms with van der Waals surface area (Å²) in [5.74, 6) is 0.499. The lowest BCUT2D eigenvalue weighted by atomic mass is 10.1. The van der Waals surface area contributed by atoms with Gasteiger partial charge in [-0.25, -0.2) is 9.97 Å². The zero-order valence-corrected chi connectivity index (χ0v) is 15.9. The molecule has 0 aliphatic carbocycles. The summed E-state index contributed by atoms with van der Waals surface area (Å²) in [6.45, 7) is 7.26. The molecule has 0 bridgehead atoms. The van der Waals surface area contributed by atoms with E-state index in [0.717, 1.165) is 11.3 Å². The average molecular weight is 360 g/mol. The summed E-state index contributed by atoms with van der Waals surface area (Å²) in [5, 5.41) is 3.26. The smallest absolute Gasteiger partial charge is 0.274 e. The van der Waals surface area contributed by atoms with Gasteiger partial charge in [-0.2, -0.15) is 0 Å². The van der Waals surface area contributed by atoms with Crippen molar-refractivity contribution in [3.05, 3.63) is 83.3 Å². The minimum Gasteiger partial charge on any atom is -0.339 e. The Hall–Kier alpha value is -3.21. The number of carbonyl (C=O) groups excluding carboxylic acids is 1. The quantitative estimate of drug-likeness (QED) is 0.703. The lowest BCUT2D eigenvalue weighted by Crippen LogP contribution is -2.31. The Morgan fingerprint density at radius 2 is 1.78 bits per heavy atom. The van der Waals surface area contributed by atoms with Crippen molar-refractivity contribution in [3.63, 3.8) is 0 Å². The predicted molar refractivity (Wildman–Crippen MR) is 108 cm³/mol. The fraction of sp³-hybridized carbons (Fsp3) is 0.227. The summed E-state index contributed by atoms with van der Waals surface area (Å²) in [7, 11) is 0. The van der Waals surface area contributed by atoms with E-state index >= 15 is 0 Å². The third-order valence-corrected chi connectivity index (χ3v) is 4.62. The molecule has 1 N–H and O–H groups in total. The normalized spacial score (nSPS) is 10.5. The summed E-state index contributed by atoms with van der Waals surface area (Å²) in [6, 6.07) is 16.0. The lowest BCUT2D eigenvalue weighted by Gasteiger charge is -2.20. The van der Waals surface area contributed by atoms with Gasteiger partial charge in [0.05, 0.1) is 12.4 Å². The van der Waals surface area contributed by atoms with Crippen LogP contribution in [-0.4, -0.2) is 27.3 Å². The van der Waals surface area contributed by atoms with Gasteiger partial charge in [0.2, 0.25) is 0 Å². The van der Waals surface area contributed by atoms with Gasteiger partial charge in [-0.05, 0) is 43.5 Å². The van der Waals surface area contributed by atoms with Crippen molar-refractivity contribution in [3.8, 4) is 0 Å². The maximum absolute atomic E-state index is 12.8. The molecule has 0 saturated heterocycles. The molecule has 1 aromatic heterocycles.